The molecule has 2 nitrogen and oxygen atoms in total. The zero-order valence-corrected chi connectivity index (χ0v) is 8.91. The van der Waals surface area contributed by atoms with Crippen LogP contribution in [0.25, 0.3) is 0 Å². The molecule has 0 saturated carbocycles. The summed E-state index contributed by atoms with van der Waals surface area (Å²) in [5.74, 6) is 0. The van der Waals surface area contributed by atoms with Gasteiger partial charge in [0.05, 0.1) is 6.61 Å². The molecule has 78 valence electrons. The van der Waals surface area contributed by atoms with E-state index in [1.165, 1.54) is 19.4 Å². The van der Waals surface area contributed by atoms with Crippen molar-refractivity contribution in [3.05, 3.63) is 23.8 Å². The van der Waals surface area contributed by atoms with Gasteiger partial charge in [-0.3, -0.25) is 4.90 Å². The molecule has 1 fully saturated rings. The molecule has 2 heteroatoms. The molecular weight excluding hydrogens is 174 g/mol. The van der Waals surface area contributed by atoms with Gasteiger partial charge in [-0.1, -0.05) is 23.8 Å². The second-order valence-corrected chi connectivity index (χ2v) is 4.18. The second-order valence-electron chi connectivity index (χ2n) is 4.18. The first-order valence-corrected chi connectivity index (χ1v) is 5.47. The number of methoxy groups -OCH3 is 1. The van der Waals surface area contributed by atoms with Crippen LogP contribution in [0.2, 0.25) is 0 Å². The quantitative estimate of drug-likeness (QED) is 0.677. The summed E-state index contributed by atoms with van der Waals surface area (Å²) in [7, 11) is 1.80. The first-order chi connectivity index (χ1) is 6.90. The molecule has 0 amide bonds. The van der Waals surface area contributed by atoms with E-state index in [0.29, 0.717) is 6.04 Å². The van der Waals surface area contributed by atoms with Crippen molar-refractivity contribution in [3.8, 4) is 0 Å². The Bertz CT molecular complexity index is 245. The predicted molar refractivity (Wildman–Crippen MR) is 58.3 cm³/mol. The van der Waals surface area contributed by atoms with Gasteiger partial charge in [-0.05, 0) is 25.8 Å². The zero-order valence-electron chi connectivity index (χ0n) is 8.91. The third-order valence-electron chi connectivity index (χ3n) is 3.11. The Morgan fingerprint density at radius 2 is 2.50 bits per heavy atom. The Morgan fingerprint density at radius 1 is 1.57 bits per heavy atom. The number of rotatable bonds is 4. The van der Waals surface area contributed by atoms with Crippen molar-refractivity contribution in [2.75, 3.05) is 26.8 Å². The molecule has 0 bridgehead atoms. The van der Waals surface area contributed by atoms with E-state index >= 15 is 0 Å². The minimum Gasteiger partial charge on any atom is -0.383 e. The Labute approximate surface area is 86.2 Å². The Kier molecular flexibility index (Phi) is 3.38. The van der Waals surface area contributed by atoms with Gasteiger partial charge in [-0.25, -0.2) is 0 Å². The van der Waals surface area contributed by atoms with E-state index in [4.69, 9.17) is 4.74 Å². The average Bonchev–Trinajstić information content (AvgIpc) is 2.80. The zero-order chi connectivity index (χ0) is 9.80. The molecule has 14 heavy (non-hydrogen) atoms. The fourth-order valence-electron chi connectivity index (χ4n) is 2.35. The van der Waals surface area contributed by atoms with E-state index in [0.717, 1.165) is 19.6 Å². The second kappa shape index (κ2) is 4.76. The lowest BCUT2D eigenvalue weighted by Gasteiger charge is -2.24. The van der Waals surface area contributed by atoms with Crippen molar-refractivity contribution in [3.63, 3.8) is 0 Å². The third-order valence-corrected chi connectivity index (χ3v) is 3.11. The summed E-state index contributed by atoms with van der Waals surface area (Å²) in [5, 5.41) is 0. The number of likely N-dealkylation sites (tertiary alicyclic amines) is 1. The Balaban J connectivity index is 1.84. The molecule has 1 aliphatic heterocycles. The van der Waals surface area contributed by atoms with Crippen LogP contribution < -0.4 is 0 Å². The lowest BCUT2D eigenvalue weighted by molar-refractivity contribution is 0.120. The predicted octanol–water partition coefficient (Wildman–Crippen LogP) is 1.98. The first kappa shape index (κ1) is 9.94. The normalized spacial score (nSPS) is 27.2. The van der Waals surface area contributed by atoms with Crippen LogP contribution in [0, 0.1) is 0 Å². The van der Waals surface area contributed by atoms with E-state index in [-0.39, 0.29) is 0 Å². The van der Waals surface area contributed by atoms with Gasteiger partial charge >= 0.3 is 0 Å². The van der Waals surface area contributed by atoms with Crippen molar-refractivity contribution in [1.82, 2.24) is 4.90 Å². The van der Waals surface area contributed by atoms with E-state index in [1.807, 2.05) is 0 Å². The monoisotopic (exact) mass is 193 g/mol. The number of ether oxygens (including phenoxy) is 1. The van der Waals surface area contributed by atoms with Gasteiger partial charge in [0.25, 0.3) is 0 Å². The van der Waals surface area contributed by atoms with Gasteiger partial charge in [0.15, 0.2) is 0 Å². The molecule has 0 aromatic carbocycles. The smallest absolute Gasteiger partial charge is 0.0618 e. The molecule has 1 atom stereocenters. The van der Waals surface area contributed by atoms with Crippen LogP contribution in [0.15, 0.2) is 23.8 Å². The van der Waals surface area contributed by atoms with Gasteiger partial charge in [-0.15, -0.1) is 0 Å². The maximum atomic E-state index is 5.24. The minimum atomic E-state index is 0.654. The molecule has 1 saturated heterocycles. The third kappa shape index (κ3) is 2.25. The van der Waals surface area contributed by atoms with Crippen LogP contribution in [-0.2, 0) is 4.74 Å². The fraction of sp³-hybridized carbons (Fsp3) is 0.667. The molecule has 2 aliphatic rings. The Hall–Kier alpha value is -0.600. The Morgan fingerprint density at radius 3 is 3.21 bits per heavy atom. The van der Waals surface area contributed by atoms with E-state index < -0.39 is 0 Å². The van der Waals surface area contributed by atoms with Gasteiger partial charge in [0, 0.05) is 19.7 Å². The van der Waals surface area contributed by atoms with Crippen molar-refractivity contribution in [1.29, 1.82) is 0 Å². The average molecular weight is 193 g/mol. The number of hydrogen-bond donors (Lipinski definition) is 0. The van der Waals surface area contributed by atoms with Crippen LogP contribution in [0.4, 0.5) is 0 Å². The summed E-state index contributed by atoms with van der Waals surface area (Å²) in [6, 6.07) is 0.654. The number of allylic oxidation sites excluding steroid dienone is 3. The highest BCUT2D eigenvalue weighted by atomic mass is 16.5. The summed E-state index contributed by atoms with van der Waals surface area (Å²) >= 11 is 0. The molecule has 0 radical (unpaired) electrons. The molecule has 0 spiro atoms. The maximum Gasteiger partial charge on any atom is 0.0618 e. The number of nitrogens with zero attached hydrogens (tertiary/aromatic N) is 1. The fourth-order valence-corrected chi connectivity index (χ4v) is 2.35. The van der Waals surface area contributed by atoms with Crippen molar-refractivity contribution in [2.24, 2.45) is 0 Å². The lowest BCUT2D eigenvalue weighted by Crippen LogP contribution is -2.34. The van der Waals surface area contributed by atoms with Gasteiger partial charge in [0.1, 0.15) is 0 Å². The maximum absolute atomic E-state index is 5.24. The van der Waals surface area contributed by atoms with Crippen LogP contribution in [0.3, 0.4) is 0 Å². The van der Waals surface area contributed by atoms with Crippen LogP contribution in [-0.4, -0.2) is 37.7 Å². The highest BCUT2D eigenvalue weighted by Crippen LogP contribution is 2.21. The summed E-state index contributed by atoms with van der Waals surface area (Å²) < 4.78 is 5.24. The highest BCUT2D eigenvalue weighted by Gasteiger charge is 2.24. The van der Waals surface area contributed by atoms with E-state index in [2.05, 4.69) is 23.1 Å². The molecule has 0 aromatic rings. The molecule has 0 aromatic heterocycles. The summed E-state index contributed by atoms with van der Waals surface area (Å²) in [5.41, 5.74) is 1.55. The molecular formula is C12H19NO. The SMILES string of the molecule is COC[C@@H]1CCCN1CC1=CC=CC1. The number of hydrogen-bond acceptors (Lipinski definition) is 2. The lowest BCUT2D eigenvalue weighted by atomic mass is 10.2. The van der Waals surface area contributed by atoms with E-state index in [1.54, 1.807) is 12.7 Å². The van der Waals surface area contributed by atoms with Crippen LogP contribution >= 0.6 is 0 Å². The molecule has 1 aliphatic carbocycles. The summed E-state index contributed by atoms with van der Waals surface area (Å²) in [6.45, 7) is 3.27. The first-order valence-electron chi connectivity index (χ1n) is 5.47. The molecule has 0 unspecified atom stereocenters. The summed E-state index contributed by atoms with van der Waals surface area (Å²) in [6.07, 6.45) is 10.4. The topological polar surface area (TPSA) is 12.5 Å². The highest BCUT2D eigenvalue weighted by molar-refractivity contribution is 5.24. The van der Waals surface area contributed by atoms with Crippen LogP contribution in [0.5, 0.6) is 0 Å². The van der Waals surface area contributed by atoms with Gasteiger partial charge < -0.3 is 4.74 Å². The van der Waals surface area contributed by atoms with Gasteiger partial charge in [-0.2, -0.15) is 0 Å². The van der Waals surface area contributed by atoms with Crippen molar-refractivity contribution >= 4 is 0 Å². The molecule has 1 heterocycles. The summed E-state index contributed by atoms with van der Waals surface area (Å²) in [4.78, 5) is 2.56. The standard InChI is InChI=1S/C12H19NO/c1-14-10-12-7-4-8-13(12)9-11-5-2-3-6-11/h2-3,5,12H,4,6-10H2,1H3/t12-/m0/s1. The van der Waals surface area contributed by atoms with Crippen molar-refractivity contribution < 1.29 is 4.74 Å². The van der Waals surface area contributed by atoms with Gasteiger partial charge in [0.2, 0.25) is 0 Å². The largest absolute Gasteiger partial charge is 0.383 e. The van der Waals surface area contributed by atoms with E-state index in [9.17, 15) is 0 Å². The minimum absolute atomic E-state index is 0.654. The molecule has 0 N–H and O–H groups in total. The van der Waals surface area contributed by atoms with Crippen LogP contribution in [0.1, 0.15) is 19.3 Å². The molecule has 2 rings (SSSR count). The van der Waals surface area contributed by atoms with Crippen molar-refractivity contribution in [2.45, 2.75) is 25.3 Å².